The highest BCUT2D eigenvalue weighted by Crippen LogP contribution is 2.15. The standard InChI is InChI=1S/C24H21FN8O3.C2HF3O2/c1-14(34)28-17-8-6-15(7-9-17)10-19-29-21-22(30-19)32(12-20-26-13-27-31-20)24(36)33(23(21)35)11-16-4-2-3-5-18(16)25;3-2(4,5)1(6)7/h2-9,13H,10-12H2,1H3,(H,28,34)(H,29,30)(H,26,27,31);(H,6,7). The number of aromatic nitrogens is 7. The number of nitrogens with zero attached hydrogens (tertiary/aromatic N) is 5. The van der Waals surface area contributed by atoms with Gasteiger partial charge in [0.15, 0.2) is 5.65 Å². The molecule has 13 nitrogen and oxygen atoms in total. The largest absolute Gasteiger partial charge is 0.490 e. The summed E-state index contributed by atoms with van der Waals surface area (Å²) in [5.74, 6) is -2.58. The van der Waals surface area contributed by atoms with Gasteiger partial charge < -0.3 is 15.4 Å². The van der Waals surface area contributed by atoms with Crippen LogP contribution < -0.4 is 16.6 Å². The molecule has 0 atom stereocenters. The Hall–Kier alpha value is -5.61. The van der Waals surface area contributed by atoms with E-state index >= 15 is 0 Å². The van der Waals surface area contributed by atoms with Crippen molar-refractivity contribution in [3.05, 3.63) is 104 Å². The van der Waals surface area contributed by atoms with Gasteiger partial charge in [0.25, 0.3) is 5.56 Å². The highest BCUT2D eigenvalue weighted by molar-refractivity contribution is 5.88. The summed E-state index contributed by atoms with van der Waals surface area (Å²) < 4.78 is 48.3. The first kappa shape index (κ1) is 30.4. The van der Waals surface area contributed by atoms with E-state index < -0.39 is 29.2 Å². The molecule has 0 aliphatic rings. The SMILES string of the molecule is CC(=O)Nc1ccc(Cc2nc3c([nH]2)c(=O)n(Cc2ccccc2F)c(=O)n3Cc2ncn[nH]2)cc1.O=C(O)C(F)(F)F. The van der Waals surface area contributed by atoms with E-state index in [1.807, 2.05) is 12.1 Å². The third-order valence-corrected chi connectivity index (χ3v) is 5.86. The number of alkyl halides is 3. The average molecular weight is 603 g/mol. The second-order valence-corrected chi connectivity index (χ2v) is 9.02. The third-order valence-electron chi connectivity index (χ3n) is 5.86. The summed E-state index contributed by atoms with van der Waals surface area (Å²) in [6, 6.07) is 13.2. The monoisotopic (exact) mass is 602 g/mol. The summed E-state index contributed by atoms with van der Waals surface area (Å²) >= 11 is 0. The topological polar surface area (TPSA) is 181 Å². The molecule has 1 amide bonds. The van der Waals surface area contributed by atoms with Crippen LogP contribution in [-0.4, -0.2) is 57.4 Å². The Kier molecular flexibility index (Phi) is 8.82. The van der Waals surface area contributed by atoms with Crippen LogP contribution in [-0.2, 0) is 29.1 Å². The van der Waals surface area contributed by atoms with Crippen molar-refractivity contribution in [2.45, 2.75) is 32.6 Å². The number of aliphatic carboxylic acids is 1. The molecule has 0 unspecified atom stereocenters. The second-order valence-electron chi connectivity index (χ2n) is 9.02. The van der Waals surface area contributed by atoms with E-state index in [-0.39, 0.29) is 35.7 Å². The Morgan fingerprint density at radius 2 is 1.67 bits per heavy atom. The van der Waals surface area contributed by atoms with Crippen LogP contribution in [0.5, 0.6) is 0 Å². The van der Waals surface area contributed by atoms with Gasteiger partial charge in [0.2, 0.25) is 5.91 Å². The summed E-state index contributed by atoms with van der Waals surface area (Å²) in [4.78, 5) is 58.5. The van der Waals surface area contributed by atoms with Crippen LogP contribution in [0.3, 0.4) is 0 Å². The van der Waals surface area contributed by atoms with Crippen molar-refractivity contribution in [1.82, 2.24) is 34.3 Å². The van der Waals surface area contributed by atoms with Gasteiger partial charge in [0, 0.05) is 24.6 Å². The number of H-pyrrole nitrogens is 2. The Balaban J connectivity index is 0.000000541. The molecule has 43 heavy (non-hydrogen) atoms. The number of carboxylic acids is 1. The number of hydrogen-bond acceptors (Lipinski definition) is 7. The van der Waals surface area contributed by atoms with Crippen molar-refractivity contribution in [3.63, 3.8) is 0 Å². The molecule has 4 N–H and O–H groups in total. The molecule has 0 fully saturated rings. The van der Waals surface area contributed by atoms with Crippen LogP contribution in [0, 0.1) is 5.82 Å². The molecule has 0 spiro atoms. The van der Waals surface area contributed by atoms with Gasteiger partial charge in [0.05, 0.1) is 13.1 Å². The third kappa shape index (κ3) is 7.38. The van der Waals surface area contributed by atoms with Crippen LogP contribution in [0.4, 0.5) is 23.2 Å². The number of carboxylic acid groups (broad SMARTS) is 1. The number of nitrogens with one attached hydrogen (secondary N) is 3. The zero-order valence-corrected chi connectivity index (χ0v) is 22.1. The van der Waals surface area contributed by atoms with Crippen molar-refractivity contribution in [1.29, 1.82) is 0 Å². The van der Waals surface area contributed by atoms with E-state index in [0.29, 0.717) is 23.8 Å². The zero-order valence-electron chi connectivity index (χ0n) is 22.1. The van der Waals surface area contributed by atoms with E-state index in [1.165, 1.54) is 36.0 Å². The van der Waals surface area contributed by atoms with E-state index in [9.17, 15) is 31.9 Å². The van der Waals surface area contributed by atoms with E-state index in [0.717, 1.165) is 10.1 Å². The van der Waals surface area contributed by atoms with Gasteiger partial charge in [-0.1, -0.05) is 30.3 Å². The number of benzene rings is 2. The Morgan fingerprint density at radius 3 is 2.26 bits per heavy atom. The van der Waals surface area contributed by atoms with Gasteiger partial charge in [-0.15, -0.1) is 0 Å². The molecule has 0 aliphatic heterocycles. The quantitative estimate of drug-likeness (QED) is 0.205. The van der Waals surface area contributed by atoms with E-state index in [1.54, 1.807) is 18.2 Å². The molecule has 0 bridgehead atoms. The molecule has 0 radical (unpaired) electrons. The smallest absolute Gasteiger partial charge is 0.475 e. The lowest BCUT2D eigenvalue weighted by atomic mass is 10.1. The van der Waals surface area contributed by atoms with Crippen LogP contribution in [0.2, 0.25) is 0 Å². The number of anilines is 1. The lowest BCUT2D eigenvalue weighted by Gasteiger charge is -2.10. The first-order valence-electron chi connectivity index (χ1n) is 12.3. The number of aromatic amines is 2. The maximum Gasteiger partial charge on any atom is 0.490 e. The van der Waals surface area contributed by atoms with Crippen LogP contribution in [0.25, 0.3) is 11.2 Å². The molecule has 0 saturated carbocycles. The Morgan fingerprint density at radius 1 is 1.00 bits per heavy atom. The number of amides is 1. The van der Waals surface area contributed by atoms with Crippen molar-refractivity contribution < 1.29 is 32.3 Å². The van der Waals surface area contributed by atoms with E-state index in [2.05, 4.69) is 30.5 Å². The zero-order chi connectivity index (χ0) is 31.3. The minimum absolute atomic E-state index is 0.0113. The highest BCUT2D eigenvalue weighted by Gasteiger charge is 2.38. The Labute approximate surface area is 237 Å². The molecule has 3 aromatic heterocycles. The summed E-state index contributed by atoms with van der Waals surface area (Å²) in [7, 11) is 0. The van der Waals surface area contributed by atoms with Crippen molar-refractivity contribution in [2.24, 2.45) is 0 Å². The van der Waals surface area contributed by atoms with Gasteiger partial charge >= 0.3 is 17.8 Å². The number of carbonyl (C=O) groups excluding carboxylic acids is 1. The van der Waals surface area contributed by atoms with Gasteiger partial charge in [-0.3, -0.25) is 23.8 Å². The Bertz CT molecular complexity index is 1880. The fourth-order valence-electron chi connectivity index (χ4n) is 3.94. The number of carbonyl (C=O) groups is 2. The predicted octanol–water partition coefficient (Wildman–Crippen LogP) is 2.42. The molecular formula is C26H22F4N8O5. The minimum atomic E-state index is -5.08. The highest BCUT2D eigenvalue weighted by atomic mass is 19.4. The summed E-state index contributed by atoms with van der Waals surface area (Å²) in [5.41, 5.74) is 0.774. The summed E-state index contributed by atoms with van der Waals surface area (Å²) in [5, 5.41) is 16.3. The molecule has 17 heteroatoms. The van der Waals surface area contributed by atoms with E-state index in [4.69, 9.17) is 9.90 Å². The number of hydrogen-bond donors (Lipinski definition) is 4. The van der Waals surface area contributed by atoms with Gasteiger partial charge in [-0.25, -0.2) is 23.9 Å². The molecular weight excluding hydrogens is 580 g/mol. The lowest BCUT2D eigenvalue weighted by molar-refractivity contribution is -0.192. The van der Waals surface area contributed by atoms with Gasteiger partial charge in [-0.05, 0) is 23.8 Å². The number of imidazole rings is 1. The van der Waals surface area contributed by atoms with Gasteiger partial charge in [0.1, 0.15) is 29.3 Å². The van der Waals surface area contributed by atoms with Crippen molar-refractivity contribution >= 4 is 28.7 Å². The maximum atomic E-state index is 14.3. The summed E-state index contributed by atoms with van der Waals surface area (Å²) in [6.45, 7) is 1.18. The second kappa shape index (κ2) is 12.5. The molecule has 224 valence electrons. The predicted molar refractivity (Wildman–Crippen MR) is 143 cm³/mol. The number of fused-ring (bicyclic) bond motifs is 1. The minimum Gasteiger partial charge on any atom is -0.475 e. The number of halogens is 4. The fourth-order valence-corrected chi connectivity index (χ4v) is 3.94. The molecule has 0 aliphatic carbocycles. The lowest BCUT2D eigenvalue weighted by Crippen LogP contribution is -2.40. The molecule has 2 aromatic carbocycles. The molecule has 5 aromatic rings. The van der Waals surface area contributed by atoms with Crippen molar-refractivity contribution in [3.8, 4) is 0 Å². The first-order valence-corrected chi connectivity index (χ1v) is 12.3. The van der Waals surface area contributed by atoms with Crippen LogP contribution in [0.1, 0.15) is 29.7 Å². The van der Waals surface area contributed by atoms with Crippen LogP contribution >= 0.6 is 0 Å². The molecule has 3 heterocycles. The average Bonchev–Trinajstić information content (AvgIpc) is 3.61. The van der Waals surface area contributed by atoms with Crippen LogP contribution in [0.15, 0.2) is 64.4 Å². The first-order chi connectivity index (χ1) is 20.3. The normalized spacial score (nSPS) is 11.2. The maximum absolute atomic E-state index is 14.3. The van der Waals surface area contributed by atoms with Gasteiger partial charge in [-0.2, -0.15) is 18.3 Å². The number of rotatable bonds is 7. The fraction of sp³-hybridized carbons (Fsp3) is 0.192. The molecule has 5 rings (SSSR count). The van der Waals surface area contributed by atoms with Crippen molar-refractivity contribution in [2.75, 3.05) is 5.32 Å². The molecule has 0 saturated heterocycles. The summed E-state index contributed by atoms with van der Waals surface area (Å²) in [6.07, 6.45) is -3.42.